The Hall–Kier alpha value is -0.213. The topological polar surface area (TPSA) is 90.9 Å². The zero-order valence-electron chi connectivity index (χ0n) is 3.99. The van der Waals surface area contributed by atoms with Crippen LogP contribution in [0.15, 0.2) is 0 Å². The Morgan fingerprint density at radius 3 is 2.14 bits per heavy atom. The van der Waals surface area contributed by atoms with Crippen LogP contribution in [0.1, 0.15) is 0 Å². The number of carbonyl (C=O) groups excluding carboxylic acids is 1. The molecular weight excluding hydrogens is 91.0 g/mol. The fourth-order valence-electron chi connectivity index (χ4n) is 0.0361. The quantitative estimate of drug-likeness (QED) is 0.125. The second-order valence-electron chi connectivity index (χ2n) is 0.598. The van der Waals surface area contributed by atoms with Gasteiger partial charge < -0.3 is 11.3 Å². The van der Waals surface area contributed by atoms with Crippen LogP contribution in [-0.2, 0) is 0 Å². The molecule has 0 saturated carbocycles. The zero-order valence-corrected chi connectivity index (χ0v) is 3.99. The van der Waals surface area contributed by atoms with Crippen molar-refractivity contribution in [3.63, 3.8) is 0 Å². The molecule has 5 N–H and O–H groups in total. The molecule has 0 aliphatic heterocycles. The summed E-state index contributed by atoms with van der Waals surface area (Å²) in [7, 11) is 0. The molecule has 0 aromatic rings. The third-order valence-corrected chi connectivity index (χ3v) is 0.245. The maximum absolute atomic E-state index is 9.65. The number of nitrogens with one attached hydrogen (secondary N) is 3. The Kier molecular flexibility index (Phi) is 8.20. The minimum Gasteiger partial charge on any atom is -0.582 e. The van der Waals surface area contributed by atoms with Crippen LogP contribution in [0, 0.1) is 0 Å². The van der Waals surface area contributed by atoms with E-state index in [-0.39, 0.29) is 18.9 Å². The predicted molar refractivity (Wildman–Crippen MR) is 20.2 cm³/mol. The van der Waals surface area contributed by atoms with E-state index in [0.29, 0.717) is 0 Å². The zero-order chi connectivity index (χ0) is 4.99. The number of urea groups is 1. The fraction of sp³-hybridized carbons (Fsp3) is 0. The van der Waals surface area contributed by atoms with Crippen molar-refractivity contribution in [3.8, 4) is 0 Å². The van der Waals surface area contributed by atoms with Crippen molar-refractivity contribution in [1.29, 1.82) is 0 Å². The maximum atomic E-state index is 9.65. The molecule has 0 aliphatic rings. The molecule has 0 rings (SSSR count). The van der Waals surface area contributed by atoms with E-state index >= 15 is 0 Å². The number of nitrogens with two attached hydrogens (primary N) is 1. The first kappa shape index (κ1) is 9.92. The van der Waals surface area contributed by atoms with Crippen LogP contribution >= 0.6 is 0 Å². The predicted octanol–water partition coefficient (Wildman–Crippen LogP) is -3.87. The van der Waals surface area contributed by atoms with Gasteiger partial charge in [0.15, 0.2) is 0 Å². The number of hydrogen-bond acceptors (Lipinski definition) is 2. The largest absolute Gasteiger partial charge is 1.00 e. The van der Waals surface area contributed by atoms with Gasteiger partial charge >= 0.3 is 24.9 Å². The summed E-state index contributed by atoms with van der Waals surface area (Å²) in [6, 6.07) is -0.713. The minimum atomic E-state index is -0.713. The van der Waals surface area contributed by atoms with Gasteiger partial charge in [0.25, 0.3) is 0 Å². The van der Waals surface area contributed by atoms with Crippen molar-refractivity contribution in [2.45, 2.75) is 0 Å². The molecule has 0 aromatic heterocycles. The van der Waals surface area contributed by atoms with Gasteiger partial charge in [0.1, 0.15) is 0 Å². The third kappa shape index (κ3) is 5.79. The minimum absolute atomic E-state index is 0. The van der Waals surface area contributed by atoms with Gasteiger partial charge in [-0.25, -0.2) is 10.6 Å². The first-order chi connectivity index (χ1) is 2.81. The van der Waals surface area contributed by atoms with Crippen molar-refractivity contribution >= 4 is 6.03 Å². The van der Waals surface area contributed by atoms with E-state index in [4.69, 9.17) is 5.84 Å². The summed E-state index contributed by atoms with van der Waals surface area (Å²) < 4.78 is 0. The van der Waals surface area contributed by atoms with Gasteiger partial charge in [-0.15, -0.1) is 0 Å². The summed E-state index contributed by atoms with van der Waals surface area (Å²) in [5, 5.41) is 0. The van der Waals surface area contributed by atoms with Gasteiger partial charge in [-0.3, -0.25) is 5.43 Å². The molecular formula is CH5LiN4O. The first-order valence-corrected chi connectivity index (χ1v) is 1.24. The number of hydrogen-bond donors (Lipinski definition) is 3. The summed E-state index contributed by atoms with van der Waals surface area (Å²) in [5.74, 6) is 10.6. The van der Waals surface area contributed by atoms with E-state index in [1.54, 1.807) is 5.43 Å². The fourth-order valence-corrected chi connectivity index (χ4v) is 0.0361. The van der Waals surface area contributed by atoms with Crippen molar-refractivity contribution in [1.82, 2.24) is 10.9 Å². The molecule has 0 fully saturated rings. The van der Waals surface area contributed by atoms with Gasteiger partial charge in [-0.05, 0) is 0 Å². The Balaban J connectivity index is 0. The third-order valence-electron chi connectivity index (χ3n) is 0.245. The smallest absolute Gasteiger partial charge is 0.582 e. The monoisotopic (exact) mass is 96.1 g/mol. The molecule has 0 bridgehead atoms. The Bertz CT molecular complexity index is 49.7. The molecule has 0 aromatic carbocycles. The molecule has 0 atom stereocenters. The van der Waals surface area contributed by atoms with Gasteiger partial charge in [-0.1, -0.05) is 0 Å². The molecule has 5 nitrogen and oxygen atoms in total. The Morgan fingerprint density at radius 2 is 2.14 bits per heavy atom. The molecule has 0 saturated heterocycles. The SMILES string of the molecule is [Li+].[NH-]NC(=O)NN. The molecule has 0 unspecified atom stereocenters. The Labute approximate surface area is 52.9 Å². The number of amides is 2. The molecule has 6 heteroatoms. The second-order valence-corrected chi connectivity index (χ2v) is 0.598. The van der Waals surface area contributed by atoms with Crippen molar-refractivity contribution < 1.29 is 23.7 Å². The molecule has 0 heterocycles. The van der Waals surface area contributed by atoms with Crippen LogP contribution in [0.4, 0.5) is 4.79 Å². The van der Waals surface area contributed by atoms with Gasteiger partial charge in [-0.2, -0.15) is 0 Å². The molecule has 0 spiro atoms. The summed E-state index contributed by atoms with van der Waals surface area (Å²) >= 11 is 0. The average molecular weight is 96.0 g/mol. The van der Waals surface area contributed by atoms with Crippen LogP contribution in [0.5, 0.6) is 0 Å². The van der Waals surface area contributed by atoms with E-state index in [1.165, 1.54) is 5.43 Å². The molecule has 0 aliphatic carbocycles. The van der Waals surface area contributed by atoms with Crippen LogP contribution < -0.4 is 35.6 Å². The standard InChI is InChI=1S/CH5N4O.Li/c2-4-1(6)5-3;/h2H,3H2,(H2,4,5,6);/q-1;+1. The molecule has 0 radical (unpaired) electrons. The van der Waals surface area contributed by atoms with E-state index in [0.717, 1.165) is 0 Å². The van der Waals surface area contributed by atoms with Gasteiger partial charge in [0.2, 0.25) is 0 Å². The number of hydrazine groups is 1. The Morgan fingerprint density at radius 1 is 1.71 bits per heavy atom. The maximum Gasteiger partial charge on any atom is 1.00 e. The van der Waals surface area contributed by atoms with Crippen molar-refractivity contribution in [2.75, 3.05) is 0 Å². The second kappa shape index (κ2) is 5.79. The molecule has 2 amide bonds. The van der Waals surface area contributed by atoms with E-state index < -0.39 is 6.03 Å². The van der Waals surface area contributed by atoms with Gasteiger partial charge in [0, 0.05) is 0 Å². The number of carbonyl (C=O) groups is 1. The van der Waals surface area contributed by atoms with Crippen LogP contribution in [0.2, 0.25) is 0 Å². The van der Waals surface area contributed by atoms with Crippen LogP contribution in [-0.4, -0.2) is 6.03 Å². The van der Waals surface area contributed by atoms with Crippen molar-refractivity contribution in [3.05, 3.63) is 5.84 Å². The summed E-state index contributed by atoms with van der Waals surface area (Å²) in [4.78, 5) is 9.65. The summed E-state index contributed by atoms with van der Waals surface area (Å²) in [5.41, 5.74) is 3.17. The number of rotatable bonds is 0. The summed E-state index contributed by atoms with van der Waals surface area (Å²) in [6.45, 7) is 0. The van der Waals surface area contributed by atoms with Crippen LogP contribution in [0.3, 0.4) is 0 Å². The van der Waals surface area contributed by atoms with Crippen molar-refractivity contribution in [2.24, 2.45) is 5.84 Å². The van der Waals surface area contributed by atoms with E-state index in [1.807, 2.05) is 0 Å². The summed E-state index contributed by atoms with van der Waals surface area (Å²) in [6.07, 6.45) is 0. The van der Waals surface area contributed by atoms with Crippen LogP contribution in [0.25, 0.3) is 5.84 Å². The van der Waals surface area contributed by atoms with E-state index in [2.05, 4.69) is 5.84 Å². The molecule has 7 heavy (non-hydrogen) atoms. The first-order valence-electron chi connectivity index (χ1n) is 1.24. The average Bonchev–Trinajstić information content (AvgIpc) is 1.65. The normalized spacial score (nSPS) is 6.00. The molecule has 36 valence electrons. The van der Waals surface area contributed by atoms with E-state index in [9.17, 15) is 4.79 Å². The van der Waals surface area contributed by atoms with Gasteiger partial charge in [0.05, 0.1) is 0 Å².